The van der Waals surface area contributed by atoms with Gasteiger partial charge >= 0.3 is 0 Å². The van der Waals surface area contributed by atoms with Crippen molar-refractivity contribution in [1.29, 1.82) is 0 Å². The molecule has 4 nitrogen and oxygen atoms in total. The highest BCUT2D eigenvalue weighted by atomic mass is 35.5. The van der Waals surface area contributed by atoms with Gasteiger partial charge < -0.3 is 4.57 Å². The summed E-state index contributed by atoms with van der Waals surface area (Å²) in [6.07, 6.45) is 3.96. The molecule has 0 saturated carbocycles. The third kappa shape index (κ3) is 5.25. The van der Waals surface area contributed by atoms with Crippen molar-refractivity contribution in [1.82, 2.24) is 9.47 Å². The number of fused-ring (bicyclic) bond motifs is 1. The second-order valence-electron chi connectivity index (χ2n) is 9.15. The lowest BCUT2D eigenvalue weighted by Gasteiger charge is -2.17. The van der Waals surface area contributed by atoms with Crippen molar-refractivity contribution in [3.63, 3.8) is 0 Å². The number of halogens is 2. The molecule has 4 aromatic rings. The largest absolute Gasteiger partial charge is 0.342 e. The van der Waals surface area contributed by atoms with E-state index in [1.54, 1.807) is 29.2 Å². The summed E-state index contributed by atoms with van der Waals surface area (Å²) in [5, 5.41) is 2.34. The van der Waals surface area contributed by atoms with Gasteiger partial charge in [0.25, 0.3) is 5.91 Å². The van der Waals surface area contributed by atoms with Crippen LogP contribution in [0.15, 0.2) is 88.9 Å². The zero-order valence-corrected chi connectivity index (χ0v) is 21.6. The third-order valence-electron chi connectivity index (χ3n) is 5.84. The molecule has 0 spiro atoms. The highest BCUT2D eigenvalue weighted by Gasteiger charge is 2.34. The van der Waals surface area contributed by atoms with E-state index in [4.69, 9.17) is 16.6 Å². The van der Waals surface area contributed by atoms with Crippen molar-refractivity contribution < 1.29 is 9.18 Å². The number of benzene rings is 3. The summed E-state index contributed by atoms with van der Waals surface area (Å²) in [7, 11) is 0. The third-order valence-corrected chi connectivity index (χ3v) is 7.09. The van der Waals surface area contributed by atoms with E-state index >= 15 is 0 Å². The second kappa shape index (κ2) is 10.3. The van der Waals surface area contributed by atoms with Gasteiger partial charge in [0.15, 0.2) is 5.17 Å². The van der Waals surface area contributed by atoms with Gasteiger partial charge in [0.2, 0.25) is 0 Å². The number of hydrogen-bond acceptors (Lipinski definition) is 3. The summed E-state index contributed by atoms with van der Waals surface area (Å²) in [5.41, 5.74) is 3.59. The number of carbonyl (C=O) groups excluding carboxylic acids is 1. The lowest BCUT2D eigenvalue weighted by molar-refractivity contribution is -0.122. The number of aromatic nitrogens is 1. The van der Waals surface area contributed by atoms with Gasteiger partial charge in [-0.3, -0.25) is 9.69 Å². The van der Waals surface area contributed by atoms with Gasteiger partial charge in [0.1, 0.15) is 5.82 Å². The number of hydrogen-bond donors (Lipinski definition) is 0. The Morgan fingerprint density at radius 3 is 2.58 bits per heavy atom. The van der Waals surface area contributed by atoms with Crippen LogP contribution in [-0.4, -0.2) is 27.1 Å². The molecule has 2 heterocycles. The first-order chi connectivity index (χ1) is 17.4. The number of amides is 1. The van der Waals surface area contributed by atoms with Crippen LogP contribution in [0.5, 0.6) is 0 Å². The van der Waals surface area contributed by atoms with Crippen LogP contribution in [0.2, 0.25) is 5.02 Å². The quantitative estimate of drug-likeness (QED) is 0.245. The monoisotopic (exact) mass is 517 g/mol. The van der Waals surface area contributed by atoms with Gasteiger partial charge in [-0.25, -0.2) is 9.38 Å². The molecule has 1 saturated heterocycles. The van der Waals surface area contributed by atoms with Crippen molar-refractivity contribution in [3.05, 3.63) is 106 Å². The summed E-state index contributed by atoms with van der Waals surface area (Å²) in [6.45, 7) is 5.28. The molecule has 1 aliphatic rings. The van der Waals surface area contributed by atoms with Gasteiger partial charge in [0.05, 0.1) is 10.6 Å². The first kappa shape index (κ1) is 24.3. The topological polar surface area (TPSA) is 37.6 Å². The zero-order valence-electron chi connectivity index (χ0n) is 20.0. The number of thioether (sulfide) groups is 1. The minimum Gasteiger partial charge on any atom is -0.342 e. The van der Waals surface area contributed by atoms with Crippen molar-refractivity contribution in [2.75, 3.05) is 6.54 Å². The van der Waals surface area contributed by atoms with Crippen molar-refractivity contribution >= 4 is 57.1 Å². The lowest BCUT2D eigenvalue weighted by atomic mass is 10.1. The lowest BCUT2D eigenvalue weighted by Crippen LogP contribution is -2.32. The number of aliphatic imine (C=N–C) groups is 1. The molecule has 0 bridgehead atoms. The molecular formula is C29H25ClFN3OS. The second-order valence-corrected chi connectivity index (χ2v) is 10.6. The van der Waals surface area contributed by atoms with Gasteiger partial charge in [0, 0.05) is 40.8 Å². The minimum absolute atomic E-state index is 0.0524. The number of nitrogens with zero attached hydrogens (tertiary/aromatic N) is 3. The molecule has 36 heavy (non-hydrogen) atoms. The molecule has 1 aromatic heterocycles. The summed E-state index contributed by atoms with van der Waals surface area (Å²) in [5.74, 6) is -0.0159. The van der Waals surface area contributed by atoms with Gasteiger partial charge in [-0.2, -0.15) is 0 Å². The van der Waals surface area contributed by atoms with Crippen LogP contribution < -0.4 is 0 Å². The van der Waals surface area contributed by atoms with Crippen LogP contribution in [-0.2, 0) is 11.3 Å². The standard InChI is InChI=1S/C29H25ClFN3OS/c1-19(2)16-34-28(35)27(36-29(34)32-24-12-10-22(30)11-13-24)15-21-18-33(26-9-4-3-8-25(21)26)17-20-6-5-7-23(31)14-20/h3-15,18-19H,16-17H2,1-2H3/b27-15-,32-29?. The van der Waals surface area contributed by atoms with E-state index in [9.17, 15) is 9.18 Å². The molecule has 0 radical (unpaired) electrons. The summed E-state index contributed by atoms with van der Waals surface area (Å²) < 4.78 is 15.9. The fourth-order valence-corrected chi connectivity index (χ4v) is 5.36. The van der Waals surface area contributed by atoms with Crippen LogP contribution in [0.1, 0.15) is 25.0 Å². The summed E-state index contributed by atoms with van der Waals surface area (Å²) >= 11 is 7.41. The fraction of sp³-hybridized carbons (Fsp3) is 0.172. The maximum Gasteiger partial charge on any atom is 0.266 e. The Hall–Kier alpha value is -3.35. The zero-order chi connectivity index (χ0) is 25.2. The Labute approximate surface area is 219 Å². The molecule has 7 heteroatoms. The predicted molar refractivity (Wildman–Crippen MR) is 148 cm³/mol. The average Bonchev–Trinajstić information content (AvgIpc) is 3.33. The summed E-state index contributed by atoms with van der Waals surface area (Å²) in [4.78, 5) is 20.6. The molecular weight excluding hydrogens is 493 g/mol. The van der Waals surface area contributed by atoms with Crippen LogP contribution in [0, 0.1) is 11.7 Å². The average molecular weight is 518 g/mol. The van der Waals surface area contributed by atoms with E-state index in [0.29, 0.717) is 28.2 Å². The highest BCUT2D eigenvalue weighted by molar-refractivity contribution is 8.18. The Kier molecular flexibility index (Phi) is 6.99. The Bertz CT molecular complexity index is 1490. The van der Waals surface area contributed by atoms with Gasteiger partial charge in [-0.1, -0.05) is 55.8 Å². The van der Waals surface area contributed by atoms with E-state index in [2.05, 4.69) is 18.4 Å². The molecule has 3 aromatic carbocycles. The number of rotatable bonds is 6. The molecule has 1 aliphatic heterocycles. The van der Waals surface area contributed by atoms with Crippen molar-refractivity contribution in [3.8, 4) is 0 Å². The molecule has 0 N–H and O–H groups in total. The molecule has 0 aliphatic carbocycles. The van der Waals surface area contributed by atoms with Crippen LogP contribution in [0.3, 0.4) is 0 Å². The number of carbonyl (C=O) groups is 1. The molecule has 0 unspecified atom stereocenters. The first-order valence-electron chi connectivity index (χ1n) is 11.8. The Balaban J connectivity index is 1.52. The van der Waals surface area contributed by atoms with E-state index in [0.717, 1.165) is 27.7 Å². The molecule has 5 rings (SSSR count). The predicted octanol–water partition coefficient (Wildman–Crippen LogP) is 7.74. The maximum atomic E-state index is 13.8. The number of para-hydroxylation sites is 1. The van der Waals surface area contributed by atoms with E-state index in [1.165, 1.54) is 17.8 Å². The fourth-order valence-electron chi connectivity index (χ4n) is 4.24. The van der Waals surface area contributed by atoms with Crippen LogP contribution in [0.25, 0.3) is 17.0 Å². The molecule has 1 fully saturated rings. The van der Waals surface area contributed by atoms with E-state index < -0.39 is 0 Å². The summed E-state index contributed by atoms with van der Waals surface area (Å²) in [6, 6.07) is 21.9. The van der Waals surface area contributed by atoms with Crippen LogP contribution in [0.4, 0.5) is 10.1 Å². The Morgan fingerprint density at radius 2 is 1.83 bits per heavy atom. The van der Waals surface area contributed by atoms with Crippen LogP contribution >= 0.6 is 23.4 Å². The van der Waals surface area contributed by atoms with Gasteiger partial charge in [-0.15, -0.1) is 0 Å². The van der Waals surface area contributed by atoms with E-state index in [1.807, 2.05) is 54.7 Å². The molecule has 0 atom stereocenters. The number of amidine groups is 1. The SMILES string of the molecule is CC(C)CN1C(=O)/C(=C/c2cn(Cc3cccc(F)c3)c3ccccc23)SC1=Nc1ccc(Cl)cc1. The smallest absolute Gasteiger partial charge is 0.266 e. The first-order valence-corrected chi connectivity index (χ1v) is 12.9. The van der Waals surface area contributed by atoms with Gasteiger partial charge in [-0.05, 0) is 71.8 Å². The highest BCUT2D eigenvalue weighted by Crippen LogP contribution is 2.36. The minimum atomic E-state index is -0.253. The van der Waals surface area contributed by atoms with E-state index in [-0.39, 0.29) is 17.6 Å². The Morgan fingerprint density at radius 1 is 1.06 bits per heavy atom. The van der Waals surface area contributed by atoms with Crippen molar-refractivity contribution in [2.45, 2.75) is 20.4 Å². The maximum absolute atomic E-state index is 13.8. The van der Waals surface area contributed by atoms with Crippen molar-refractivity contribution in [2.24, 2.45) is 10.9 Å². The molecule has 1 amide bonds. The normalized spacial score (nSPS) is 16.2. The molecule has 182 valence electrons.